The number of hydrogen-bond acceptors (Lipinski definition) is 4. The number of amides is 2. The largest absolute Gasteiger partial charge is 0.352 e. The van der Waals surface area contributed by atoms with Gasteiger partial charge in [-0.25, -0.2) is 8.42 Å². The van der Waals surface area contributed by atoms with Crippen molar-refractivity contribution in [1.82, 2.24) is 5.32 Å². The van der Waals surface area contributed by atoms with Crippen LogP contribution in [-0.2, 0) is 21.1 Å². The van der Waals surface area contributed by atoms with Gasteiger partial charge in [-0.1, -0.05) is 30.3 Å². The van der Waals surface area contributed by atoms with Crippen LogP contribution in [0.5, 0.6) is 0 Å². The molecule has 142 valence electrons. The summed E-state index contributed by atoms with van der Waals surface area (Å²) in [6.45, 7) is 0.991. The molecular weight excluding hydrogens is 364 g/mol. The Labute approximate surface area is 159 Å². The smallest absolute Gasteiger partial charge is 0.252 e. The molecule has 1 aliphatic heterocycles. The second kappa shape index (κ2) is 7.92. The standard InChI is InChI=1S/C20H22N2O4S/c1-27(25,26)18-10-5-3-8-16(18)20(24)21-13-6-11-19(23)22-14-12-15-7-2-4-9-17(15)22/h2-5,7-10H,6,11-14H2,1H3,(H,21,24). The van der Waals surface area contributed by atoms with E-state index in [2.05, 4.69) is 5.32 Å². The first-order valence-electron chi connectivity index (χ1n) is 8.83. The molecule has 6 nitrogen and oxygen atoms in total. The zero-order valence-corrected chi connectivity index (χ0v) is 16.0. The molecule has 3 rings (SSSR count). The van der Waals surface area contributed by atoms with Gasteiger partial charge in [-0.15, -0.1) is 0 Å². The van der Waals surface area contributed by atoms with Gasteiger partial charge in [-0.2, -0.15) is 0 Å². The van der Waals surface area contributed by atoms with Gasteiger partial charge in [0.1, 0.15) is 0 Å². The highest BCUT2D eigenvalue weighted by atomic mass is 32.2. The maximum Gasteiger partial charge on any atom is 0.252 e. The lowest BCUT2D eigenvalue weighted by Crippen LogP contribution is -2.30. The summed E-state index contributed by atoms with van der Waals surface area (Å²) < 4.78 is 23.6. The van der Waals surface area contributed by atoms with Crippen molar-refractivity contribution < 1.29 is 18.0 Å². The van der Waals surface area contributed by atoms with Crippen molar-refractivity contribution in [3.8, 4) is 0 Å². The van der Waals surface area contributed by atoms with E-state index in [-0.39, 0.29) is 16.4 Å². The van der Waals surface area contributed by atoms with Crippen molar-refractivity contribution in [2.24, 2.45) is 0 Å². The molecule has 0 aliphatic carbocycles. The number of para-hydroxylation sites is 1. The van der Waals surface area contributed by atoms with Gasteiger partial charge in [0.05, 0.1) is 10.5 Å². The highest BCUT2D eigenvalue weighted by Crippen LogP contribution is 2.28. The van der Waals surface area contributed by atoms with Crippen LogP contribution in [0.2, 0.25) is 0 Å². The lowest BCUT2D eigenvalue weighted by atomic mass is 10.2. The first kappa shape index (κ1) is 19.1. The number of anilines is 1. The summed E-state index contributed by atoms with van der Waals surface area (Å²) in [5, 5.41) is 2.70. The Kier molecular flexibility index (Phi) is 5.60. The highest BCUT2D eigenvalue weighted by molar-refractivity contribution is 7.90. The van der Waals surface area contributed by atoms with E-state index in [1.165, 1.54) is 17.7 Å². The van der Waals surface area contributed by atoms with E-state index < -0.39 is 15.7 Å². The van der Waals surface area contributed by atoms with Gasteiger partial charge in [-0.05, 0) is 36.6 Å². The van der Waals surface area contributed by atoms with Crippen molar-refractivity contribution in [3.63, 3.8) is 0 Å². The second-order valence-electron chi connectivity index (χ2n) is 6.55. The van der Waals surface area contributed by atoms with E-state index in [0.717, 1.165) is 18.4 Å². The summed E-state index contributed by atoms with van der Waals surface area (Å²) in [5.41, 5.74) is 2.27. The number of benzene rings is 2. The third-order valence-electron chi connectivity index (χ3n) is 4.57. The van der Waals surface area contributed by atoms with Gasteiger partial charge < -0.3 is 10.2 Å². The van der Waals surface area contributed by atoms with Crippen molar-refractivity contribution in [3.05, 3.63) is 59.7 Å². The average molecular weight is 386 g/mol. The summed E-state index contributed by atoms with van der Waals surface area (Å²) >= 11 is 0. The quantitative estimate of drug-likeness (QED) is 0.772. The molecule has 0 fully saturated rings. The van der Waals surface area contributed by atoms with Gasteiger partial charge in [-0.3, -0.25) is 9.59 Å². The molecule has 2 amide bonds. The molecule has 27 heavy (non-hydrogen) atoms. The molecule has 1 N–H and O–H groups in total. The Morgan fingerprint density at radius 3 is 2.56 bits per heavy atom. The number of carbonyl (C=O) groups is 2. The van der Waals surface area contributed by atoms with Crippen LogP contribution in [0.25, 0.3) is 0 Å². The van der Waals surface area contributed by atoms with Crippen molar-refractivity contribution >= 4 is 27.3 Å². The lowest BCUT2D eigenvalue weighted by Gasteiger charge is -2.17. The average Bonchev–Trinajstić information content (AvgIpc) is 3.08. The summed E-state index contributed by atoms with van der Waals surface area (Å²) in [5.74, 6) is -0.416. The summed E-state index contributed by atoms with van der Waals surface area (Å²) in [7, 11) is -3.48. The molecule has 0 unspecified atom stereocenters. The van der Waals surface area contributed by atoms with Crippen LogP contribution in [0.4, 0.5) is 5.69 Å². The molecule has 2 aromatic rings. The van der Waals surface area contributed by atoms with Gasteiger partial charge in [0.15, 0.2) is 9.84 Å². The van der Waals surface area contributed by atoms with Crippen LogP contribution < -0.4 is 10.2 Å². The fourth-order valence-electron chi connectivity index (χ4n) is 3.25. The second-order valence-corrected chi connectivity index (χ2v) is 8.54. The van der Waals surface area contributed by atoms with Crippen molar-refractivity contribution in [2.75, 3.05) is 24.2 Å². The van der Waals surface area contributed by atoms with Gasteiger partial charge in [0.25, 0.3) is 5.91 Å². The monoisotopic (exact) mass is 386 g/mol. The topological polar surface area (TPSA) is 83.5 Å². The Bertz CT molecular complexity index is 969. The first-order chi connectivity index (χ1) is 12.9. The number of fused-ring (bicyclic) bond motifs is 1. The molecule has 0 atom stereocenters. The third kappa shape index (κ3) is 4.36. The maximum absolute atomic E-state index is 12.4. The lowest BCUT2D eigenvalue weighted by molar-refractivity contribution is -0.118. The SMILES string of the molecule is CS(=O)(=O)c1ccccc1C(=O)NCCCC(=O)N1CCc2ccccc21. The van der Waals surface area contributed by atoms with Crippen LogP contribution in [0.15, 0.2) is 53.4 Å². The molecular formula is C20H22N2O4S. The number of hydrogen-bond donors (Lipinski definition) is 1. The van der Waals surface area contributed by atoms with Crippen molar-refractivity contribution in [1.29, 1.82) is 0 Å². The van der Waals surface area contributed by atoms with Gasteiger partial charge in [0, 0.05) is 31.5 Å². The molecule has 0 saturated heterocycles. The molecule has 0 spiro atoms. The molecule has 0 saturated carbocycles. The molecule has 2 aromatic carbocycles. The van der Waals surface area contributed by atoms with Gasteiger partial charge >= 0.3 is 0 Å². The van der Waals surface area contributed by atoms with E-state index in [0.29, 0.717) is 25.9 Å². The minimum absolute atomic E-state index is 0.00671. The Morgan fingerprint density at radius 1 is 1.07 bits per heavy atom. The van der Waals surface area contributed by atoms with Crippen LogP contribution in [0.3, 0.4) is 0 Å². The maximum atomic E-state index is 12.4. The fourth-order valence-corrected chi connectivity index (χ4v) is 4.13. The van der Waals surface area contributed by atoms with Gasteiger partial charge in [0.2, 0.25) is 5.91 Å². The predicted octanol–water partition coefficient (Wildman–Crippen LogP) is 2.19. The number of rotatable bonds is 6. The van der Waals surface area contributed by atoms with Crippen molar-refractivity contribution in [2.45, 2.75) is 24.2 Å². The number of nitrogens with one attached hydrogen (secondary N) is 1. The van der Waals surface area contributed by atoms with Crippen LogP contribution >= 0.6 is 0 Å². The Hall–Kier alpha value is -2.67. The third-order valence-corrected chi connectivity index (χ3v) is 5.73. The van der Waals surface area contributed by atoms with E-state index >= 15 is 0 Å². The molecule has 1 heterocycles. The first-order valence-corrected chi connectivity index (χ1v) is 10.7. The van der Waals surface area contributed by atoms with E-state index in [1.54, 1.807) is 17.0 Å². The van der Waals surface area contributed by atoms with Crippen LogP contribution in [0.1, 0.15) is 28.8 Å². The molecule has 0 radical (unpaired) electrons. The Balaban J connectivity index is 1.53. The Morgan fingerprint density at radius 2 is 1.78 bits per heavy atom. The van der Waals surface area contributed by atoms with E-state index in [1.807, 2.05) is 24.3 Å². The molecule has 0 bridgehead atoms. The number of carbonyl (C=O) groups excluding carboxylic acids is 2. The molecule has 0 aromatic heterocycles. The van der Waals surface area contributed by atoms with E-state index in [9.17, 15) is 18.0 Å². The minimum atomic E-state index is -3.48. The predicted molar refractivity (Wildman–Crippen MR) is 104 cm³/mol. The van der Waals surface area contributed by atoms with E-state index in [4.69, 9.17) is 0 Å². The summed E-state index contributed by atoms with van der Waals surface area (Å²) in [6, 6.07) is 14.0. The number of sulfone groups is 1. The molecule has 1 aliphatic rings. The minimum Gasteiger partial charge on any atom is -0.352 e. The van der Waals surface area contributed by atoms with Crippen LogP contribution in [-0.4, -0.2) is 39.6 Å². The number of nitrogens with zero attached hydrogens (tertiary/aromatic N) is 1. The zero-order chi connectivity index (χ0) is 19.4. The zero-order valence-electron chi connectivity index (χ0n) is 15.1. The summed E-state index contributed by atoms with van der Waals surface area (Å²) in [4.78, 5) is 26.5. The summed E-state index contributed by atoms with van der Waals surface area (Å²) in [6.07, 6.45) is 2.75. The fraction of sp³-hybridized carbons (Fsp3) is 0.300. The van der Waals surface area contributed by atoms with Crippen LogP contribution in [0, 0.1) is 0 Å². The molecule has 7 heteroatoms. The normalized spacial score (nSPS) is 13.3. The highest BCUT2D eigenvalue weighted by Gasteiger charge is 2.23.